The van der Waals surface area contributed by atoms with Crippen LogP contribution in [0, 0.1) is 0 Å². The maximum absolute atomic E-state index is 11.6. The van der Waals surface area contributed by atoms with Crippen molar-refractivity contribution in [3.8, 4) is 0 Å². The minimum absolute atomic E-state index is 0.334. The molecule has 1 unspecified atom stereocenters. The van der Waals surface area contributed by atoms with Crippen LogP contribution in [0.2, 0.25) is 0 Å². The van der Waals surface area contributed by atoms with Crippen molar-refractivity contribution in [3.63, 3.8) is 0 Å². The van der Waals surface area contributed by atoms with Gasteiger partial charge in [-0.25, -0.2) is 4.79 Å². The van der Waals surface area contributed by atoms with Gasteiger partial charge in [-0.1, -0.05) is 15.9 Å². The monoisotopic (exact) mass is 312 g/mol. The Morgan fingerprint density at radius 3 is 2.89 bits per heavy atom. The number of methoxy groups -OCH3 is 1. The average molecular weight is 313 g/mol. The van der Waals surface area contributed by atoms with Gasteiger partial charge in [0.1, 0.15) is 11.2 Å². The minimum Gasteiger partial charge on any atom is -0.465 e. The Bertz CT molecular complexity index is 586. The number of alkyl halides is 1. The van der Waals surface area contributed by atoms with Crippen molar-refractivity contribution in [3.05, 3.63) is 35.6 Å². The second-order valence-electron chi connectivity index (χ2n) is 4.26. The second kappa shape index (κ2) is 4.74. The molecule has 0 saturated heterocycles. The highest BCUT2D eigenvalue weighted by Gasteiger charge is 2.27. The van der Waals surface area contributed by atoms with Gasteiger partial charge in [0.05, 0.1) is 18.9 Å². The third-order valence-corrected chi connectivity index (χ3v) is 3.90. The lowest BCUT2D eigenvalue weighted by Gasteiger charge is -2.21. The summed E-state index contributed by atoms with van der Waals surface area (Å²) in [4.78, 5) is 11.6. The number of ether oxygens (including phenoxy) is 1. The summed E-state index contributed by atoms with van der Waals surface area (Å²) in [5, 5.41) is 11.4. The van der Waals surface area contributed by atoms with Crippen molar-refractivity contribution in [2.75, 3.05) is 12.4 Å². The minimum atomic E-state index is -1.12. The molecule has 2 rings (SSSR count). The van der Waals surface area contributed by atoms with Gasteiger partial charge in [0.2, 0.25) is 0 Å². The first-order valence-electron chi connectivity index (χ1n) is 5.38. The molecule has 5 heteroatoms. The Labute approximate surface area is 113 Å². The zero-order valence-electron chi connectivity index (χ0n) is 10.1. The summed E-state index contributed by atoms with van der Waals surface area (Å²) in [7, 11) is 1.32. The second-order valence-corrected chi connectivity index (χ2v) is 4.82. The van der Waals surface area contributed by atoms with Crippen molar-refractivity contribution in [1.29, 1.82) is 0 Å². The van der Waals surface area contributed by atoms with E-state index in [9.17, 15) is 9.90 Å². The summed E-state index contributed by atoms with van der Waals surface area (Å²) in [6.07, 6.45) is 1.53. The van der Waals surface area contributed by atoms with Crippen LogP contribution < -0.4 is 0 Å². The summed E-state index contributed by atoms with van der Waals surface area (Å²) < 4.78 is 10.1. The third-order valence-electron chi connectivity index (χ3n) is 2.81. The van der Waals surface area contributed by atoms with E-state index in [-0.39, 0.29) is 0 Å². The van der Waals surface area contributed by atoms with E-state index in [2.05, 4.69) is 15.9 Å². The van der Waals surface area contributed by atoms with Crippen LogP contribution >= 0.6 is 15.9 Å². The van der Waals surface area contributed by atoms with E-state index < -0.39 is 11.6 Å². The Kier molecular flexibility index (Phi) is 3.45. The van der Waals surface area contributed by atoms with E-state index in [0.29, 0.717) is 22.0 Å². The van der Waals surface area contributed by atoms with E-state index in [1.807, 2.05) is 0 Å². The topological polar surface area (TPSA) is 59.7 Å². The molecule has 1 aromatic carbocycles. The molecule has 0 aliphatic carbocycles. The fraction of sp³-hybridized carbons (Fsp3) is 0.308. The maximum Gasteiger partial charge on any atom is 0.337 e. The molecule has 0 bridgehead atoms. The molecule has 1 N–H and O–H groups in total. The van der Waals surface area contributed by atoms with Gasteiger partial charge in [-0.05, 0) is 25.1 Å². The van der Waals surface area contributed by atoms with Crippen LogP contribution in [-0.2, 0) is 10.3 Å². The molecule has 0 spiro atoms. The fourth-order valence-corrected chi connectivity index (χ4v) is 2.09. The van der Waals surface area contributed by atoms with Gasteiger partial charge in [0, 0.05) is 16.3 Å². The number of furan rings is 1. The molecule has 2 aromatic rings. The zero-order chi connectivity index (χ0) is 13.3. The molecule has 0 amide bonds. The van der Waals surface area contributed by atoms with Crippen LogP contribution in [-0.4, -0.2) is 23.5 Å². The van der Waals surface area contributed by atoms with Crippen molar-refractivity contribution < 1.29 is 19.1 Å². The number of fused-ring (bicyclic) bond motifs is 1. The van der Waals surface area contributed by atoms with Gasteiger partial charge in [-0.3, -0.25) is 0 Å². The molecule has 0 fully saturated rings. The summed E-state index contributed by atoms with van der Waals surface area (Å²) in [6.45, 7) is 1.65. The van der Waals surface area contributed by atoms with Crippen LogP contribution in [0.25, 0.3) is 11.0 Å². The van der Waals surface area contributed by atoms with Gasteiger partial charge in [0.15, 0.2) is 0 Å². The summed E-state index contributed by atoms with van der Waals surface area (Å²) in [6, 6.07) is 5.02. The number of benzene rings is 1. The molecule has 1 atom stereocenters. The molecule has 0 radical (unpaired) electrons. The predicted molar refractivity (Wildman–Crippen MR) is 70.9 cm³/mol. The molecule has 0 aliphatic rings. The molecular weight excluding hydrogens is 300 g/mol. The molecule has 0 saturated carbocycles. The molecule has 4 nitrogen and oxygen atoms in total. The van der Waals surface area contributed by atoms with Crippen LogP contribution in [0.5, 0.6) is 0 Å². The summed E-state index contributed by atoms with van der Waals surface area (Å²) in [5.74, 6) is -0.440. The van der Waals surface area contributed by atoms with Crippen molar-refractivity contribution in [2.24, 2.45) is 0 Å². The largest absolute Gasteiger partial charge is 0.465 e. The van der Waals surface area contributed by atoms with Gasteiger partial charge in [-0.15, -0.1) is 0 Å². The number of esters is 1. The van der Waals surface area contributed by atoms with Crippen molar-refractivity contribution in [2.45, 2.75) is 12.5 Å². The fourth-order valence-electron chi connectivity index (χ4n) is 1.79. The molecule has 18 heavy (non-hydrogen) atoms. The molecule has 0 aliphatic heterocycles. The van der Waals surface area contributed by atoms with Crippen molar-refractivity contribution in [1.82, 2.24) is 0 Å². The summed E-state index contributed by atoms with van der Waals surface area (Å²) in [5.41, 5.74) is 0.400. The number of halogens is 1. The smallest absolute Gasteiger partial charge is 0.337 e. The van der Waals surface area contributed by atoms with Gasteiger partial charge < -0.3 is 14.3 Å². The quantitative estimate of drug-likeness (QED) is 0.699. The van der Waals surface area contributed by atoms with Crippen LogP contribution in [0.15, 0.2) is 28.9 Å². The van der Waals surface area contributed by atoms with Gasteiger partial charge >= 0.3 is 5.97 Å². The van der Waals surface area contributed by atoms with Crippen LogP contribution in [0.3, 0.4) is 0 Å². The van der Waals surface area contributed by atoms with E-state index in [1.165, 1.54) is 13.4 Å². The average Bonchev–Trinajstić information content (AvgIpc) is 2.84. The van der Waals surface area contributed by atoms with E-state index >= 15 is 0 Å². The lowest BCUT2D eigenvalue weighted by molar-refractivity contribution is 0.0599. The van der Waals surface area contributed by atoms with E-state index in [1.54, 1.807) is 25.1 Å². The first-order valence-corrected chi connectivity index (χ1v) is 6.50. The molecular formula is C13H13BrO4. The highest BCUT2D eigenvalue weighted by Crippen LogP contribution is 2.32. The van der Waals surface area contributed by atoms with Crippen LogP contribution in [0.1, 0.15) is 22.8 Å². The van der Waals surface area contributed by atoms with E-state index in [0.717, 1.165) is 5.39 Å². The SMILES string of the molecule is COC(=O)c1cc(C(C)(O)CBr)c2occc2c1. The molecule has 96 valence electrons. The summed E-state index contributed by atoms with van der Waals surface area (Å²) >= 11 is 3.25. The number of rotatable bonds is 3. The normalized spacial score (nSPS) is 14.4. The predicted octanol–water partition coefficient (Wildman–Crippen LogP) is 2.82. The number of carbonyl (C=O) groups is 1. The number of hydrogen-bond acceptors (Lipinski definition) is 4. The highest BCUT2D eigenvalue weighted by molar-refractivity contribution is 9.09. The maximum atomic E-state index is 11.6. The standard InChI is InChI=1S/C13H13BrO4/c1-13(16,7-14)10-6-9(12(15)17-2)5-8-3-4-18-11(8)10/h3-6,16H,7H2,1-2H3. The van der Waals surface area contributed by atoms with Crippen molar-refractivity contribution >= 4 is 32.9 Å². The molecule has 1 heterocycles. The lowest BCUT2D eigenvalue weighted by atomic mass is 9.94. The van der Waals surface area contributed by atoms with Crippen LogP contribution in [0.4, 0.5) is 0 Å². The van der Waals surface area contributed by atoms with Gasteiger partial charge in [0.25, 0.3) is 0 Å². The Hall–Kier alpha value is -1.33. The number of carbonyl (C=O) groups excluding carboxylic acids is 1. The molecule has 1 aromatic heterocycles. The lowest BCUT2D eigenvalue weighted by Crippen LogP contribution is -2.23. The van der Waals surface area contributed by atoms with Gasteiger partial charge in [-0.2, -0.15) is 0 Å². The number of aliphatic hydroxyl groups is 1. The number of hydrogen-bond donors (Lipinski definition) is 1. The highest BCUT2D eigenvalue weighted by atomic mass is 79.9. The Balaban J connectivity index is 2.70. The van der Waals surface area contributed by atoms with E-state index in [4.69, 9.17) is 9.15 Å². The Morgan fingerprint density at radius 1 is 1.56 bits per heavy atom. The third kappa shape index (κ3) is 2.15. The first-order chi connectivity index (χ1) is 8.49. The first kappa shape index (κ1) is 13.1. The zero-order valence-corrected chi connectivity index (χ0v) is 11.7. The Morgan fingerprint density at radius 2 is 2.28 bits per heavy atom.